The summed E-state index contributed by atoms with van der Waals surface area (Å²) in [7, 11) is 0. The zero-order valence-electron chi connectivity index (χ0n) is 15.9. The number of likely N-dealkylation sites (tertiary alicyclic amines) is 1. The Morgan fingerprint density at radius 1 is 0.964 bits per heavy atom. The minimum absolute atomic E-state index is 0.141. The number of benzene rings is 2. The van der Waals surface area contributed by atoms with Gasteiger partial charge in [-0.1, -0.05) is 47.5 Å². The summed E-state index contributed by atoms with van der Waals surface area (Å²) in [5, 5.41) is 4.64. The Morgan fingerprint density at radius 3 is 2.14 bits per heavy atom. The number of hydrogen-bond acceptors (Lipinski definition) is 3. The molecule has 1 fully saturated rings. The lowest BCUT2D eigenvalue weighted by atomic mass is 9.95. The maximum atomic E-state index is 12.4. The fourth-order valence-electron chi connectivity index (χ4n) is 3.36. The third-order valence-corrected chi connectivity index (χ3v) is 6.54. The number of halogens is 2. The predicted molar refractivity (Wildman–Crippen MR) is 120 cm³/mol. The topological polar surface area (TPSA) is 32.3 Å². The fraction of sp³-hybridized carbons (Fsp3) is 0.409. The van der Waals surface area contributed by atoms with Crippen LogP contribution >= 0.6 is 35.0 Å². The van der Waals surface area contributed by atoms with Gasteiger partial charge >= 0.3 is 0 Å². The van der Waals surface area contributed by atoms with Gasteiger partial charge in [-0.25, -0.2) is 0 Å². The molecule has 0 radical (unpaired) electrons. The van der Waals surface area contributed by atoms with Gasteiger partial charge in [0, 0.05) is 40.6 Å². The molecule has 3 rings (SSSR count). The van der Waals surface area contributed by atoms with Crippen LogP contribution in [-0.4, -0.2) is 36.2 Å². The highest BCUT2D eigenvalue weighted by atomic mass is 35.5. The van der Waals surface area contributed by atoms with Crippen molar-refractivity contribution in [3.63, 3.8) is 0 Å². The van der Waals surface area contributed by atoms with Crippen molar-refractivity contribution in [1.82, 2.24) is 10.2 Å². The minimum atomic E-state index is 0.141. The first kappa shape index (κ1) is 21.5. The summed E-state index contributed by atoms with van der Waals surface area (Å²) in [6.45, 7) is 3.58. The van der Waals surface area contributed by atoms with Gasteiger partial charge in [0.15, 0.2) is 0 Å². The summed E-state index contributed by atoms with van der Waals surface area (Å²) in [6, 6.07) is 15.9. The largest absolute Gasteiger partial charge is 0.355 e. The van der Waals surface area contributed by atoms with Gasteiger partial charge in [-0.3, -0.25) is 9.69 Å². The summed E-state index contributed by atoms with van der Waals surface area (Å²) in [5.41, 5.74) is 2.53. The molecule has 1 amide bonds. The highest BCUT2D eigenvalue weighted by Crippen LogP contribution is 2.20. The molecule has 0 aromatic heterocycles. The lowest BCUT2D eigenvalue weighted by Gasteiger charge is -2.31. The van der Waals surface area contributed by atoms with Crippen molar-refractivity contribution in [2.24, 2.45) is 5.92 Å². The highest BCUT2D eigenvalue weighted by molar-refractivity contribution is 7.98. The first-order valence-electron chi connectivity index (χ1n) is 9.67. The molecule has 0 atom stereocenters. The van der Waals surface area contributed by atoms with Gasteiger partial charge in [0.25, 0.3) is 0 Å². The van der Waals surface area contributed by atoms with Crippen molar-refractivity contribution in [2.75, 3.05) is 25.4 Å². The molecule has 0 spiro atoms. The number of carbonyl (C=O) groups is 1. The van der Waals surface area contributed by atoms with E-state index in [0.717, 1.165) is 60.6 Å². The molecule has 1 N–H and O–H groups in total. The van der Waals surface area contributed by atoms with Gasteiger partial charge in [0.1, 0.15) is 0 Å². The fourth-order valence-corrected chi connectivity index (χ4v) is 4.43. The number of amides is 1. The van der Waals surface area contributed by atoms with Crippen LogP contribution in [-0.2, 0) is 17.1 Å². The molecule has 0 bridgehead atoms. The lowest BCUT2D eigenvalue weighted by Crippen LogP contribution is -2.40. The molecule has 0 aliphatic carbocycles. The van der Waals surface area contributed by atoms with Gasteiger partial charge in [-0.15, -0.1) is 0 Å². The van der Waals surface area contributed by atoms with Crippen molar-refractivity contribution < 1.29 is 4.79 Å². The van der Waals surface area contributed by atoms with E-state index in [2.05, 4.69) is 22.3 Å². The third kappa shape index (κ3) is 7.00. The molecule has 2 aromatic rings. The summed E-state index contributed by atoms with van der Waals surface area (Å²) in [6.07, 6.45) is 1.86. The van der Waals surface area contributed by atoms with Crippen molar-refractivity contribution in [1.29, 1.82) is 0 Å². The van der Waals surface area contributed by atoms with Crippen molar-refractivity contribution >= 4 is 40.9 Å². The molecule has 2 aromatic carbocycles. The first-order valence-corrected chi connectivity index (χ1v) is 11.6. The van der Waals surface area contributed by atoms with Crippen LogP contribution in [0.3, 0.4) is 0 Å². The summed E-state index contributed by atoms with van der Waals surface area (Å²) < 4.78 is 0. The SMILES string of the molecule is O=C(NCCSCc1ccc(Cl)cc1)C1CCN(Cc2ccc(Cl)cc2)CC1. The van der Waals surface area contributed by atoms with Gasteiger partial charge in [0.05, 0.1) is 0 Å². The van der Waals surface area contributed by atoms with Crippen molar-refractivity contribution in [3.8, 4) is 0 Å². The van der Waals surface area contributed by atoms with Gasteiger partial charge in [-0.05, 0) is 61.3 Å². The summed E-state index contributed by atoms with van der Waals surface area (Å²) >= 11 is 13.7. The zero-order chi connectivity index (χ0) is 19.8. The molecule has 1 aliphatic heterocycles. The van der Waals surface area contributed by atoms with Crippen LogP contribution < -0.4 is 5.32 Å². The van der Waals surface area contributed by atoms with Gasteiger partial charge in [-0.2, -0.15) is 11.8 Å². The summed E-state index contributed by atoms with van der Waals surface area (Å²) in [4.78, 5) is 14.8. The van der Waals surface area contributed by atoms with Crippen LogP contribution in [0.5, 0.6) is 0 Å². The molecular formula is C22H26Cl2N2OS. The summed E-state index contributed by atoms with van der Waals surface area (Å²) in [5.74, 6) is 2.21. The van der Waals surface area contributed by atoms with Crippen LogP contribution in [0.1, 0.15) is 24.0 Å². The van der Waals surface area contributed by atoms with Crippen LogP contribution in [0, 0.1) is 5.92 Å². The highest BCUT2D eigenvalue weighted by Gasteiger charge is 2.24. The Kier molecular flexibility index (Phi) is 8.53. The van der Waals surface area contributed by atoms with E-state index in [1.54, 1.807) is 0 Å². The van der Waals surface area contributed by atoms with Crippen molar-refractivity contribution in [3.05, 3.63) is 69.7 Å². The standard InChI is InChI=1S/C22H26Cl2N2OS/c23-20-5-1-17(2-6-20)15-26-12-9-19(10-13-26)22(27)25-11-14-28-16-18-3-7-21(24)8-4-18/h1-8,19H,9-16H2,(H,25,27). The maximum Gasteiger partial charge on any atom is 0.223 e. The lowest BCUT2D eigenvalue weighted by molar-refractivity contribution is -0.126. The van der Waals surface area contributed by atoms with Crippen molar-refractivity contribution in [2.45, 2.75) is 25.1 Å². The second kappa shape index (κ2) is 11.1. The second-order valence-corrected chi connectivity index (χ2v) is 9.13. The Labute approximate surface area is 181 Å². The monoisotopic (exact) mass is 436 g/mol. The molecule has 28 heavy (non-hydrogen) atoms. The van der Waals surface area contributed by atoms with Gasteiger partial charge in [0.2, 0.25) is 5.91 Å². The molecule has 6 heteroatoms. The molecular weight excluding hydrogens is 411 g/mol. The quantitative estimate of drug-likeness (QED) is 0.573. The van der Waals surface area contributed by atoms with E-state index in [9.17, 15) is 4.79 Å². The number of rotatable bonds is 8. The van der Waals surface area contributed by atoms with Crippen LogP contribution in [0.15, 0.2) is 48.5 Å². The zero-order valence-corrected chi connectivity index (χ0v) is 18.2. The van der Waals surface area contributed by atoms with E-state index < -0.39 is 0 Å². The Morgan fingerprint density at radius 2 is 1.54 bits per heavy atom. The Bertz CT molecular complexity index is 744. The Balaban J connectivity index is 1.29. The van der Waals surface area contributed by atoms with Crippen LogP contribution in [0.4, 0.5) is 0 Å². The minimum Gasteiger partial charge on any atom is -0.355 e. The first-order chi connectivity index (χ1) is 13.6. The van der Waals surface area contributed by atoms with Crippen LogP contribution in [0.2, 0.25) is 10.0 Å². The van der Waals surface area contributed by atoms with E-state index in [-0.39, 0.29) is 11.8 Å². The number of piperidine rings is 1. The smallest absolute Gasteiger partial charge is 0.223 e. The molecule has 1 aliphatic rings. The normalized spacial score (nSPS) is 15.5. The van der Waals surface area contributed by atoms with E-state index in [1.807, 2.05) is 48.2 Å². The van der Waals surface area contributed by atoms with E-state index in [0.29, 0.717) is 0 Å². The molecule has 1 saturated heterocycles. The number of carbonyl (C=O) groups excluding carboxylic acids is 1. The number of thioether (sulfide) groups is 1. The average Bonchev–Trinajstić information content (AvgIpc) is 2.71. The molecule has 3 nitrogen and oxygen atoms in total. The maximum absolute atomic E-state index is 12.4. The number of hydrogen-bond donors (Lipinski definition) is 1. The van der Waals surface area contributed by atoms with E-state index in [1.165, 1.54) is 11.1 Å². The van der Waals surface area contributed by atoms with E-state index >= 15 is 0 Å². The second-order valence-electron chi connectivity index (χ2n) is 7.15. The predicted octanol–water partition coefficient (Wildman–Crippen LogP) is 5.26. The van der Waals surface area contributed by atoms with E-state index in [4.69, 9.17) is 23.2 Å². The molecule has 1 heterocycles. The Hall–Kier alpha value is -1.20. The third-order valence-electron chi connectivity index (χ3n) is 5.01. The molecule has 0 saturated carbocycles. The van der Waals surface area contributed by atoms with Gasteiger partial charge < -0.3 is 5.32 Å². The molecule has 150 valence electrons. The number of nitrogens with zero attached hydrogens (tertiary/aromatic N) is 1. The molecule has 0 unspecified atom stereocenters. The number of nitrogens with one attached hydrogen (secondary N) is 1. The average molecular weight is 437 g/mol. The van der Waals surface area contributed by atoms with Crippen LogP contribution in [0.25, 0.3) is 0 Å².